The van der Waals surface area contributed by atoms with E-state index in [0.29, 0.717) is 26.1 Å². The minimum atomic E-state index is -0.740. The molecule has 0 spiro atoms. The van der Waals surface area contributed by atoms with Crippen LogP contribution in [0.15, 0.2) is 24.3 Å². The third kappa shape index (κ3) is 3.15. The average molecular weight is 344 g/mol. The van der Waals surface area contributed by atoms with Crippen molar-refractivity contribution in [3.8, 4) is 5.75 Å². The Kier molecular flexibility index (Phi) is 4.24. The number of likely N-dealkylation sites (tertiary alicyclic amines) is 2. The molecule has 1 amide bonds. The zero-order chi connectivity index (χ0) is 17.5. The van der Waals surface area contributed by atoms with Crippen LogP contribution in [-0.2, 0) is 10.2 Å². The van der Waals surface area contributed by atoms with E-state index in [2.05, 4.69) is 4.90 Å². The lowest BCUT2D eigenvalue weighted by molar-refractivity contribution is -0.134. The molecule has 0 aromatic heterocycles. The highest BCUT2D eigenvalue weighted by atomic mass is 16.5. The summed E-state index contributed by atoms with van der Waals surface area (Å²) in [4.78, 5) is 17.4. The zero-order valence-electron chi connectivity index (χ0n) is 15.0. The SMILES string of the molecule is COc1ccc(C2(C(=O)N3CCC(O)(CN4CCCC4)C3)CC2)cc1. The molecular weight excluding hydrogens is 316 g/mol. The van der Waals surface area contributed by atoms with E-state index in [9.17, 15) is 9.90 Å². The van der Waals surface area contributed by atoms with Crippen LogP contribution < -0.4 is 4.74 Å². The summed E-state index contributed by atoms with van der Waals surface area (Å²) in [5.41, 5.74) is -0.0329. The zero-order valence-corrected chi connectivity index (χ0v) is 15.0. The van der Waals surface area contributed by atoms with E-state index in [1.165, 1.54) is 12.8 Å². The largest absolute Gasteiger partial charge is 0.497 e. The van der Waals surface area contributed by atoms with Crippen LogP contribution in [0.5, 0.6) is 5.75 Å². The maximum Gasteiger partial charge on any atom is 0.233 e. The van der Waals surface area contributed by atoms with Crippen LogP contribution in [-0.4, -0.2) is 66.2 Å². The number of methoxy groups -OCH3 is 1. The molecule has 1 aromatic rings. The molecule has 5 heteroatoms. The quantitative estimate of drug-likeness (QED) is 0.885. The summed E-state index contributed by atoms with van der Waals surface area (Å²) in [6.07, 6.45) is 4.94. The van der Waals surface area contributed by atoms with Crippen LogP contribution in [0.4, 0.5) is 0 Å². The second kappa shape index (κ2) is 6.29. The van der Waals surface area contributed by atoms with Gasteiger partial charge in [-0.25, -0.2) is 0 Å². The minimum absolute atomic E-state index is 0.190. The summed E-state index contributed by atoms with van der Waals surface area (Å²) in [5, 5.41) is 10.9. The van der Waals surface area contributed by atoms with Gasteiger partial charge in [0.15, 0.2) is 0 Å². The summed E-state index contributed by atoms with van der Waals surface area (Å²) in [5.74, 6) is 1.00. The molecule has 1 aliphatic carbocycles. The van der Waals surface area contributed by atoms with Gasteiger partial charge in [0, 0.05) is 13.1 Å². The normalized spacial score (nSPS) is 28.3. The Hall–Kier alpha value is -1.59. The van der Waals surface area contributed by atoms with Crippen molar-refractivity contribution in [1.29, 1.82) is 0 Å². The van der Waals surface area contributed by atoms with Crippen LogP contribution >= 0.6 is 0 Å². The molecule has 2 aliphatic heterocycles. The summed E-state index contributed by atoms with van der Waals surface area (Å²) in [7, 11) is 1.65. The number of nitrogens with zero attached hydrogens (tertiary/aromatic N) is 2. The smallest absolute Gasteiger partial charge is 0.233 e. The number of carbonyl (C=O) groups excluding carboxylic acids is 1. The number of β-amino-alcohol motifs (C(OH)–C–C–N with tert-alkyl or cyclic N) is 1. The van der Waals surface area contributed by atoms with E-state index in [0.717, 1.165) is 37.2 Å². The maximum atomic E-state index is 13.2. The van der Waals surface area contributed by atoms with Gasteiger partial charge in [0.05, 0.1) is 24.7 Å². The topological polar surface area (TPSA) is 53.0 Å². The number of benzene rings is 1. The van der Waals surface area contributed by atoms with E-state index < -0.39 is 5.60 Å². The Morgan fingerprint density at radius 3 is 2.40 bits per heavy atom. The second-order valence-electron chi connectivity index (χ2n) is 7.99. The first-order valence-electron chi connectivity index (χ1n) is 9.43. The first-order valence-corrected chi connectivity index (χ1v) is 9.43. The first kappa shape index (κ1) is 16.9. The van der Waals surface area contributed by atoms with Crippen molar-refractivity contribution >= 4 is 5.91 Å². The number of carbonyl (C=O) groups is 1. The van der Waals surface area contributed by atoms with Gasteiger partial charge in [-0.2, -0.15) is 0 Å². The molecule has 1 saturated carbocycles. The summed E-state index contributed by atoms with van der Waals surface area (Å²) >= 11 is 0. The van der Waals surface area contributed by atoms with Crippen LogP contribution in [0.2, 0.25) is 0 Å². The monoisotopic (exact) mass is 344 g/mol. The van der Waals surface area contributed by atoms with Crippen molar-refractivity contribution < 1.29 is 14.6 Å². The van der Waals surface area contributed by atoms with E-state index in [1.54, 1.807) is 7.11 Å². The van der Waals surface area contributed by atoms with Gasteiger partial charge in [0.2, 0.25) is 5.91 Å². The van der Waals surface area contributed by atoms with Crippen LogP contribution in [0, 0.1) is 0 Å². The van der Waals surface area contributed by atoms with E-state index >= 15 is 0 Å². The molecular formula is C20H28N2O3. The van der Waals surface area contributed by atoms with Crippen molar-refractivity contribution in [2.75, 3.05) is 39.8 Å². The van der Waals surface area contributed by atoms with Gasteiger partial charge in [0.1, 0.15) is 5.75 Å². The Labute approximate surface area is 149 Å². The fraction of sp³-hybridized carbons (Fsp3) is 0.650. The van der Waals surface area contributed by atoms with Crippen molar-refractivity contribution in [3.05, 3.63) is 29.8 Å². The average Bonchev–Trinajstić information content (AvgIpc) is 3.12. The molecule has 4 rings (SSSR count). The Morgan fingerprint density at radius 2 is 1.80 bits per heavy atom. The van der Waals surface area contributed by atoms with Crippen LogP contribution in [0.1, 0.15) is 37.7 Å². The fourth-order valence-corrected chi connectivity index (χ4v) is 4.48. The molecule has 25 heavy (non-hydrogen) atoms. The van der Waals surface area contributed by atoms with E-state index in [1.807, 2.05) is 29.2 Å². The lowest BCUT2D eigenvalue weighted by atomic mass is 9.94. The first-order chi connectivity index (χ1) is 12.0. The molecule has 136 valence electrons. The lowest BCUT2D eigenvalue weighted by Gasteiger charge is -2.29. The van der Waals surface area contributed by atoms with Gasteiger partial charge in [-0.05, 0) is 62.9 Å². The number of hydrogen-bond donors (Lipinski definition) is 1. The van der Waals surface area contributed by atoms with Gasteiger partial charge < -0.3 is 19.6 Å². The van der Waals surface area contributed by atoms with Gasteiger partial charge in [-0.3, -0.25) is 4.79 Å². The molecule has 0 radical (unpaired) electrons. The molecule has 1 unspecified atom stereocenters. The molecule has 2 heterocycles. The second-order valence-corrected chi connectivity index (χ2v) is 7.99. The van der Waals surface area contributed by atoms with Gasteiger partial charge in [-0.15, -0.1) is 0 Å². The third-order valence-corrected chi connectivity index (χ3v) is 6.14. The Balaban J connectivity index is 1.44. The van der Waals surface area contributed by atoms with Gasteiger partial charge >= 0.3 is 0 Å². The van der Waals surface area contributed by atoms with Crippen LogP contribution in [0.25, 0.3) is 0 Å². The highest BCUT2D eigenvalue weighted by molar-refractivity contribution is 5.91. The highest BCUT2D eigenvalue weighted by Gasteiger charge is 2.55. The van der Waals surface area contributed by atoms with Gasteiger partial charge in [0.25, 0.3) is 0 Å². The molecule has 3 fully saturated rings. The summed E-state index contributed by atoms with van der Waals surface area (Å²) in [6, 6.07) is 7.87. The lowest BCUT2D eigenvalue weighted by Crippen LogP contribution is -2.46. The number of aliphatic hydroxyl groups is 1. The predicted molar refractivity (Wildman–Crippen MR) is 95.7 cm³/mol. The maximum absolute atomic E-state index is 13.2. The molecule has 3 aliphatic rings. The number of hydrogen-bond acceptors (Lipinski definition) is 4. The van der Waals surface area contributed by atoms with Crippen molar-refractivity contribution in [3.63, 3.8) is 0 Å². The Bertz CT molecular complexity index is 635. The molecule has 0 bridgehead atoms. The van der Waals surface area contributed by atoms with E-state index in [-0.39, 0.29) is 11.3 Å². The van der Waals surface area contributed by atoms with E-state index in [4.69, 9.17) is 4.74 Å². The molecule has 5 nitrogen and oxygen atoms in total. The number of amides is 1. The van der Waals surface area contributed by atoms with Crippen molar-refractivity contribution in [2.45, 2.75) is 43.1 Å². The minimum Gasteiger partial charge on any atom is -0.497 e. The number of ether oxygens (including phenoxy) is 1. The summed E-state index contributed by atoms with van der Waals surface area (Å²) in [6.45, 7) is 3.99. The Morgan fingerprint density at radius 1 is 1.12 bits per heavy atom. The predicted octanol–water partition coefficient (Wildman–Crippen LogP) is 1.79. The molecule has 2 saturated heterocycles. The molecule has 1 N–H and O–H groups in total. The molecule has 1 atom stereocenters. The summed E-state index contributed by atoms with van der Waals surface area (Å²) < 4.78 is 5.22. The standard InChI is InChI=1S/C20H28N2O3/c1-25-17-6-4-16(5-7-17)20(8-9-20)18(23)22-13-10-19(24,15-22)14-21-11-2-3-12-21/h4-7,24H,2-3,8-15H2,1H3. The molecule has 1 aromatic carbocycles. The van der Waals surface area contributed by atoms with Crippen LogP contribution in [0.3, 0.4) is 0 Å². The highest BCUT2D eigenvalue weighted by Crippen LogP contribution is 2.50. The van der Waals surface area contributed by atoms with Crippen molar-refractivity contribution in [2.24, 2.45) is 0 Å². The fourth-order valence-electron chi connectivity index (χ4n) is 4.48. The van der Waals surface area contributed by atoms with Crippen molar-refractivity contribution in [1.82, 2.24) is 9.80 Å². The number of rotatable bonds is 5. The third-order valence-electron chi connectivity index (χ3n) is 6.14. The van der Waals surface area contributed by atoms with Gasteiger partial charge in [-0.1, -0.05) is 12.1 Å².